The Bertz CT molecular complexity index is 1560. The van der Waals surface area contributed by atoms with Crippen molar-refractivity contribution in [3.05, 3.63) is 93.8 Å². The summed E-state index contributed by atoms with van der Waals surface area (Å²) in [4.78, 5) is 4.65. The predicted molar refractivity (Wildman–Crippen MR) is 141 cm³/mol. The minimum atomic E-state index is -0.633. The van der Waals surface area contributed by atoms with Gasteiger partial charge in [-0.1, -0.05) is 47.6 Å². The summed E-state index contributed by atoms with van der Waals surface area (Å²) in [6, 6.07) is 17.1. The fraction of sp³-hybridized carbons (Fsp3) is 0.185. The first-order chi connectivity index (χ1) is 18.0. The van der Waals surface area contributed by atoms with E-state index in [1.165, 1.54) is 17.8 Å². The molecule has 0 saturated heterocycles. The van der Waals surface area contributed by atoms with Gasteiger partial charge in [0, 0.05) is 27.3 Å². The number of hydrogen-bond donors (Lipinski definition) is 1. The van der Waals surface area contributed by atoms with Crippen molar-refractivity contribution in [2.24, 2.45) is 0 Å². The van der Waals surface area contributed by atoms with Gasteiger partial charge >= 0.3 is 0 Å². The topological polar surface area (TPSA) is 70.4 Å². The first-order valence-electron chi connectivity index (χ1n) is 11.5. The summed E-state index contributed by atoms with van der Waals surface area (Å²) in [5, 5.41) is 9.27. The Morgan fingerprint density at radius 1 is 1.05 bits per heavy atom. The smallest absolute Gasteiger partial charge is 0.227 e. The second kappa shape index (κ2) is 9.32. The van der Waals surface area contributed by atoms with Crippen molar-refractivity contribution < 1.29 is 18.6 Å². The molecular formula is C27H22ClFN4O3S. The molecule has 1 aromatic heterocycles. The van der Waals surface area contributed by atoms with Crippen LogP contribution in [0, 0.1) is 5.82 Å². The first kappa shape index (κ1) is 23.7. The van der Waals surface area contributed by atoms with E-state index >= 15 is 4.39 Å². The summed E-state index contributed by atoms with van der Waals surface area (Å²) in [7, 11) is 3.17. The highest BCUT2D eigenvalue weighted by Gasteiger charge is 2.42. The number of nitrogens with one attached hydrogen (secondary N) is 1. The fourth-order valence-corrected chi connectivity index (χ4v) is 5.38. The molecule has 188 valence electrons. The van der Waals surface area contributed by atoms with Gasteiger partial charge in [0.05, 0.1) is 19.9 Å². The maximum Gasteiger partial charge on any atom is 0.227 e. The van der Waals surface area contributed by atoms with E-state index in [0.29, 0.717) is 38.9 Å². The number of nitrogens with zero attached hydrogens (tertiary/aromatic N) is 3. The van der Waals surface area contributed by atoms with Crippen molar-refractivity contribution in [1.82, 2.24) is 14.8 Å². The molecule has 3 heterocycles. The molecule has 7 nitrogen and oxygen atoms in total. The van der Waals surface area contributed by atoms with Gasteiger partial charge in [-0.25, -0.2) is 9.07 Å². The summed E-state index contributed by atoms with van der Waals surface area (Å²) in [6.07, 6.45) is 1.30. The summed E-state index contributed by atoms with van der Waals surface area (Å²) >= 11 is 7.82. The highest BCUT2D eigenvalue weighted by atomic mass is 35.5. The molecule has 0 aliphatic carbocycles. The number of fused-ring (bicyclic) bond motifs is 3. The minimum absolute atomic E-state index is 0.351. The molecule has 2 aliphatic heterocycles. The molecule has 6 rings (SSSR count). The van der Waals surface area contributed by atoms with Gasteiger partial charge in [0.1, 0.15) is 23.7 Å². The van der Waals surface area contributed by atoms with Crippen molar-refractivity contribution in [1.29, 1.82) is 0 Å². The predicted octanol–water partition coefficient (Wildman–Crippen LogP) is 6.37. The zero-order chi connectivity index (χ0) is 25.7. The lowest BCUT2D eigenvalue weighted by Crippen LogP contribution is -2.32. The van der Waals surface area contributed by atoms with Crippen LogP contribution in [-0.2, 0) is 0 Å². The number of hydrogen-bond acceptors (Lipinski definition) is 7. The fourth-order valence-electron chi connectivity index (χ4n) is 4.86. The molecule has 1 N–H and O–H groups in total. The van der Waals surface area contributed by atoms with E-state index in [4.69, 9.17) is 30.9 Å². The lowest BCUT2D eigenvalue weighted by atomic mass is 9.84. The van der Waals surface area contributed by atoms with Gasteiger partial charge in [0.25, 0.3) is 0 Å². The highest BCUT2D eigenvalue weighted by Crippen LogP contribution is 2.52. The summed E-state index contributed by atoms with van der Waals surface area (Å²) in [5.74, 6) is 1.95. The van der Waals surface area contributed by atoms with Gasteiger partial charge < -0.3 is 19.5 Å². The van der Waals surface area contributed by atoms with Crippen molar-refractivity contribution in [2.45, 2.75) is 17.3 Å². The van der Waals surface area contributed by atoms with Crippen LogP contribution in [-0.4, -0.2) is 35.2 Å². The number of rotatable bonds is 5. The zero-order valence-corrected chi connectivity index (χ0v) is 21.7. The van der Waals surface area contributed by atoms with Gasteiger partial charge in [-0.15, -0.1) is 5.10 Å². The molecule has 0 unspecified atom stereocenters. The van der Waals surface area contributed by atoms with Gasteiger partial charge in [-0.3, -0.25) is 0 Å². The molecule has 4 aromatic rings. The number of anilines is 1. The molecule has 0 bridgehead atoms. The van der Waals surface area contributed by atoms with Gasteiger partial charge in [-0.2, -0.15) is 4.98 Å². The standard InChI is InChI=1S/C27H22ClFN4O3S/c1-34-20-10-8-14(12-21(20)35-2)25-22-23(17-13-15(28)9-11-19(17)36-25)30-26-31-27(37-3)32-33(26)24(22)16-6-4-5-7-18(16)29/h4-13,24-25H,1-3H3,(H,30,31,32)/t24-,25-/m1/s1. The van der Waals surface area contributed by atoms with Crippen molar-refractivity contribution in [3.8, 4) is 17.2 Å². The first-order valence-corrected chi connectivity index (χ1v) is 13.1. The Morgan fingerprint density at radius 2 is 1.86 bits per heavy atom. The van der Waals surface area contributed by atoms with Crippen LogP contribution in [0.1, 0.15) is 28.8 Å². The average molecular weight is 537 g/mol. The Hall–Kier alpha value is -3.69. The number of methoxy groups -OCH3 is 2. The average Bonchev–Trinajstić information content (AvgIpc) is 3.34. The van der Waals surface area contributed by atoms with Crippen LogP contribution in [0.4, 0.5) is 10.3 Å². The van der Waals surface area contributed by atoms with Crippen LogP contribution < -0.4 is 19.5 Å². The van der Waals surface area contributed by atoms with E-state index in [1.54, 1.807) is 37.1 Å². The van der Waals surface area contributed by atoms with Crippen LogP contribution in [0.25, 0.3) is 5.70 Å². The normalized spacial score (nSPS) is 17.8. The summed E-state index contributed by atoms with van der Waals surface area (Å²) < 4.78 is 34.8. The van der Waals surface area contributed by atoms with E-state index in [-0.39, 0.29) is 5.82 Å². The maximum absolute atomic E-state index is 15.4. The molecule has 0 spiro atoms. The number of aromatic nitrogens is 3. The Morgan fingerprint density at radius 3 is 2.62 bits per heavy atom. The van der Waals surface area contributed by atoms with E-state index in [0.717, 1.165) is 22.4 Å². The largest absolute Gasteiger partial charge is 0.493 e. The summed E-state index contributed by atoms with van der Waals surface area (Å²) in [5.41, 5.74) is 3.56. The van der Waals surface area contributed by atoms with E-state index < -0.39 is 12.1 Å². The third kappa shape index (κ3) is 3.89. The Kier molecular flexibility index (Phi) is 5.97. The van der Waals surface area contributed by atoms with Gasteiger partial charge in [0.15, 0.2) is 11.5 Å². The third-order valence-corrected chi connectivity index (χ3v) is 7.28. The highest BCUT2D eigenvalue weighted by molar-refractivity contribution is 7.98. The maximum atomic E-state index is 15.4. The number of ether oxygens (including phenoxy) is 3. The molecule has 0 radical (unpaired) electrons. The number of thioether (sulfide) groups is 1. The van der Waals surface area contributed by atoms with Crippen LogP contribution in [0.2, 0.25) is 5.02 Å². The third-order valence-electron chi connectivity index (χ3n) is 6.51. The Labute approximate surface area is 222 Å². The van der Waals surface area contributed by atoms with E-state index in [2.05, 4.69) is 10.3 Å². The quantitative estimate of drug-likeness (QED) is 0.297. The lowest BCUT2D eigenvalue weighted by Gasteiger charge is -2.39. The second-order valence-corrected chi connectivity index (χ2v) is 9.71. The number of benzene rings is 3. The molecule has 10 heteroatoms. The molecule has 0 amide bonds. The van der Waals surface area contributed by atoms with Crippen LogP contribution in [0.15, 0.2) is 71.4 Å². The SMILES string of the molecule is COc1ccc([C@H]2Oc3ccc(Cl)cc3C3=C2[C@@H](c2ccccc2F)n2nc(SC)nc2N3)cc1OC. The lowest BCUT2D eigenvalue weighted by molar-refractivity contribution is 0.221. The second-order valence-electron chi connectivity index (χ2n) is 8.50. The minimum Gasteiger partial charge on any atom is -0.493 e. The molecule has 0 saturated carbocycles. The van der Waals surface area contributed by atoms with Crippen LogP contribution >= 0.6 is 23.4 Å². The number of halogens is 2. The molecule has 2 aliphatic rings. The molecule has 0 fully saturated rings. The van der Waals surface area contributed by atoms with Gasteiger partial charge in [0.2, 0.25) is 11.1 Å². The molecular weight excluding hydrogens is 515 g/mol. The van der Waals surface area contributed by atoms with E-state index in [1.807, 2.05) is 42.7 Å². The Balaban J connectivity index is 1.64. The van der Waals surface area contributed by atoms with Gasteiger partial charge in [-0.05, 0) is 42.7 Å². The monoisotopic (exact) mass is 536 g/mol. The van der Waals surface area contributed by atoms with Crippen molar-refractivity contribution >= 4 is 35.0 Å². The van der Waals surface area contributed by atoms with Crippen LogP contribution in [0.5, 0.6) is 17.2 Å². The molecule has 37 heavy (non-hydrogen) atoms. The molecule has 3 aromatic carbocycles. The zero-order valence-electron chi connectivity index (χ0n) is 20.2. The van der Waals surface area contributed by atoms with Crippen LogP contribution in [0.3, 0.4) is 0 Å². The summed E-state index contributed by atoms with van der Waals surface area (Å²) in [6.45, 7) is 0. The van der Waals surface area contributed by atoms with E-state index in [9.17, 15) is 0 Å². The van der Waals surface area contributed by atoms with Crippen molar-refractivity contribution in [2.75, 3.05) is 25.8 Å². The molecule has 2 atom stereocenters. The van der Waals surface area contributed by atoms with Crippen molar-refractivity contribution in [3.63, 3.8) is 0 Å².